The third-order valence-electron chi connectivity index (χ3n) is 3.12. The molecule has 2 aliphatic heterocycles. The van der Waals surface area contributed by atoms with Crippen molar-refractivity contribution in [3.63, 3.8) is 0 Å². The second kappa shape index (κ2) is 2.70. The highest BCUT2D eigenvalue weighted by atomic mass is 16.1. The van der Waals surface area contributed by atoms with Crippen LogP contribution >= 0.6 is 0 Å². The molecule has 2 rings (SSSR count). The summed E-state index contributed by atoms with van der Waals surface area (Å²) < 4.78 is 0. The first kappa shape index (κ1) is 8.50. The zero-order valence-corrected chi connectivity index (χ0v) is 7.32. The molecule has 1 atom stereocenters. The first-order valence-corrected chi connectivity index (χ1v) is 4.37. The highest BCUT2D eigenvalue weighted by Crippen LogP contribution is 2.38. The van der Waals surface area contributed by atoms with Gasteiger partial charge in [-0.05, 0) is 0 Å². The molecule has 2 amide bonds. The van der Waals surface area contributed by atoms with E-state index in [4.69, 9.17) is 5.73 Å². The molecule has 0 aliphatic carbocycles. The number of hydrogen-bond acceptors (Lipinski definition) is 3. The number of nitrogens with zero attached hydrogens (tertiary/aromatic N) is 1. The van der Waals surface area contributed by atoms with Crippen molar-refractivity contribution in [3.8, 4) is 0 Å². The molecule has 0 aromatic carbocycles. The molecule has 2 aliphatic rings. The van der Waals surface area contributed by atoms with Crippen molar-refractivity contribution in [1.29, 1.82) is 0 Å². The second-order valence-electron chi connectivity index (χ2n) is 3.96. The summed E-state index contributed by atoms with van der Waals surface area (Å²) in [5, 5.41) is 3.12. The maximum absolute atomic E-state index is 11.1. The minimum Gasteiger partial charge on any atom is -0.369 e. The summed E-state index contributed by atoms with van der Waals surface area (Å²) in [7, 11) is 0. The fourth-order valence-electron chi connectivity index (χ4n) is 2.28. The van der Waals surface area contributed by atoms with Crippen LogP contribution in [0.4, 0.5) is 0 Å². The van der Waals surface area contributed by atoms with E-state index in [1.54, 1.807) is 4.90 Å². The topological polar surface area (TPSA) is 75.4 Å². The maximum atomic E-state index is 11.1. The Morgan fingerprint density at radius 2 is 2.31 bits per heavy atom. The van der Waals surface area contributed by atoms with Gasteiger partial charge in [0, 0.05) is 31.6 Å². The van der Waals surface area contributed by atoms with Gasteiger partial charge in [-0.1, -0.05) is 0 Å². The van der Waals surface area contributed by atoms with Crippen LogP contribution in [0, 0.1) is 11.3 Å². The van der Waals surface area contributed by atoms with E-state index in [1.165, 1.54) is 0 Å². The first-order chi connectivity index (χ1) is 6.18. The monoisotopic (exact) mass is 183 g/mol. The standard InChI is InChI=1S/C8H13N3O2/c9-7(13)6-1-11(5-12)4-8(6)2-10-3-8/h5-6,10H,1-4H2,(H2,9,13). The number of rotatable bonds is 2. The van der Waals surface area contributed by atoms with Crippen molar-refractivity contribution < 1.29 is 9.59 Å². The van der Waals surface area contributed by atoms with Crippen LogP contribution in [0.3, 0.4) is 0 Å². The molecule has 0 aromatic rings. The summed E-state index contributed by atoms with van der Waals surface area (Å²) in [5.41, 5.74) is 5.23. The molecule has 5 heteroatoms. The van der Waals surface area contributed by atoms with Crippen molar-refractivity contribution >= 4 is 12.3 Å². The number of likely N-dealkylation sites (tertiary alicyclic amines) is 1. The van der Waals surface area contributed by atoms with Gasteiger partial charge in [-0.2, -0.15) is 0 Å². The SMILES string of the molecule is NC(=O)C1CN(C=O)CC12CNC2. The fourth-order valence-corrected chi connectivity index (χ4v) is 2.28. The van der Waals surface area contributed by atoms with Crippen LogP contribution in [0.1, 0.15) is 0 Å². The molecule has 0 aromatic heterocycles. The third kappa shape index (κ3) is 1.11. The predicted octanol–water partition coefficient (Wildman–Crippen LogP) is -1.85. The summed E-state index contributed by atoms with van der Waals surface area (Å²) in [6.45, 7) is 2.74. The molecule has 2 heterocycles. The quantitative estimate of drug-likeness (QED) is 0.493. The van der Waals surface area contributed by atoms with Crippen molar-refractivity contribution in [2.24, 2.45) is 17.1 Å². The lowest BCUT2D eigenvalue weighted by molar-refractivity contribution is -0.125. The Balaban J connectivity index is 2.16. The smallest absolute Gasteiger partial charge is 0.223 e. The second-order valence-corrected chi connectivity index (χ2v) is 3.96. The van der Waals surface area contributed by atoms with Gasteiger partial charge in [0.05, 0.1) is 5.92 Å². The van der Waals surface area contributed by atoms with Gasteiger partial charge in [-0.25, -0.2) is 0 Å². The number of nitrogens with one attached hydrogen (secondary N) is 1. The number of primary amides is 1. The van der Waals surface area contributed by atoms with E-state index in [2.05, 4.69) is 5.32 Å². The highest BCUT2D eigenvalue weighted by Gasteiger charge is 2.52. The minimum absolute atomic E-state index is 0.0628. The van der Waals surface area contributed by atoms with Gasteiger partial charge in [0.1, 0.15) is 0 Å². The first-order valence-electron chi connectivity index (χ1n) is 4.37. The number of carbonyl (C=O) groups is 2. The Morgan fingerprint density at radius 3 is 2.62 bits per heavy atom. The average molecular weight is 183 g/mol. The van der Waals surface area contributed by atoms with E-state index in [0.717, 1.165) is 19.5 Å². The average Bonchev–Trinajstić information content (AvgIpc) is 2.42. The maximum Gasteiger partial charge on any atom is 0.223 e. The van der Waals surface area contributed by atoms with Crippen molar-refractivity contribution in [2.75, 3.05) is 26.2 Å². The Kier molecular flexibility index (Phi) is 1.76. The molecule has 0 saturated carbocycles. The summed E-state index contributed by atoms with van der Waals surface area (Å²) in [6.07, 6.45) is 0.795. The molecule has 2 fully saturated rings. The molecule has 2 saturated heterocycles. The van der Waals surface area contributed by atoms with Gasteiger partial charge >= 0.3 is 0 Å². The lowest BCUT2D eigenvalue weighted by Crippen LogP contribution is -2.60. The molecule has 1 unspecified atom stereocenters. The summed E-state index contributed by atoms with van der Waals surface area (Å²) in [6, 6.07) is 0. The number of nitrogens with two attached hydrogens (primary N) is 1. The van der Waals surface area contributed by atoms with Gasteiger partial charge in [0.15, 0.2) is 0 Å². The number of hydrogen-bond donors (Lipinski definition) is 2. The Bertz CT molecular complexity index is 250. The van der Waals surface area contributed by atoms with E-state index in [-0.39, 0.29) is 17.2 Å². The van der Waals surface area contributed by atoms with Crippen molar-refractivity contribution in [2.45, 2.75) is 0 Å². The van der Waals surface area contributed by atoms with Gasteiger partial charge in [0.25, 0.3) is 0 Å². The zero-order chi connectivity index (χ0) is 9.47. The Labute approximate surface area is 76.3 Å². The van der Waals surface area contributed by atoms with E-state index in [1.807, 2.05) is 0 Å². The van der Waals surface area contributed by atoms with E-state index in [9.17, 15) is 9.59 Å². The van der Waals surface area contributed by atoms with Crippen LogP contribution in [0.25, 0.3) is 0 Å². The fraction of sp³-hybridized carbons (Fsp3) is 0.750. The molecule has 13 heavy (non-hydrogen) atoms. The van der Waals surface area contributed by atoms with Gasteiger partial charge in [-0.3, -0.25) is 9.59 Å². The zero-order valence-electron chi connectivity index (χ0n) is 7.32. The predicted molar refractivity (Wildman–Crippen MR) is 45.6 cm³/mol. The summed E-state index contributed by atoms with van der Waals surface area (Å²) in [4.78, 5) is 23.3. The largest absolute Gasteiger partial charge is 0.369 e. The lowest BCUT2D eigenvalue weighted by atomic mass is 9.73. The molecule has 0 radical (unpaired) electrons. The molecule has 72 valence electrons. The molecular weight excluding hydrogens is 170 g/mol. The Hall–Kier alpha value is -1.10. The number of amides is 2. The van der Waals surface area contributed by atoms with E-state index in [0.29, 0.717) is 13.1 Å². The van der Waals surface area contributed by atoms with E-state index >= 15 is 0 Å². The van der Waals surface area contributed by atoms with Crippen LogP contribution in [0.2, 0.25) is 0 Å². The van der Waals surface area contributed by atoms with Crippen LogP contribution in [-0.2, 0) is 9.59 Å². The molecule has 1 spiro atoms. The van der Waals surface area contributed by atoms with Crippen LogP contribution in [0.5, 0.6) is 0 Å². The van der Waals surface area contributed by atoms with Gasteiger partial charge in [0.2, 0.25) is 12.3 Å². The minimum atomic E-state index is -0.286. The number of carbonyl (C=O) groups excluding carboxylic acids is 2. The van der Waals surface area contributed by atoms with Gasteiger partial charge in [-0.15, -0.1) is 0 Å². The summed E-state index contributed by atoms with van der Waals surface area (Å²) >= 11 is 0. The third-order valence-corrected chi connectivity index (χ3v) is 3.12. The van der Waals surface area contributed by atoms with Crippen LogP contribution in [0.15, 0.2) is 0 Å². The molecular formula is C8H13N3O2. The lowest BCUT2D eigenvalue weighted by Gasteiger charge is -2.42. The van der Waals surface area contributed by atoms with Crippen molar-refractivity contribution in [1.82, 2.24) is 10.2 Å². The van der Waals surface area contributed by atoms with Crippen molar-refractivity contribution in [3.05, 3.63) is 0 Å². The molecule has 0 bridgehead atoms. The van der Waals surface area contributed by atoms with Gasteiger partial charge < -0.3 is 16.0 Å². The highest BCUT2D eigenvalue weighted by molar-refractivity contribution is 5.79. The summed E-state index contributed by atoms with van der Waals surface area (Å²) in [5.74, 6) is -0.454. The van der Waals surface area contributed by atoms with Crippen LogP contribution in [-0.4, -0.2) is 43.4 Å². The Morgan fingerprint density at radius 1 is 1.62 bits per heavy atom. The normalized spacial score (nSPS) is 30.2. The molecule has 5 nitrogen and oxygen atoms in total. The molecule has 3 N–H and O–H groups in total. The van der Waals surface area contributed by atoms with Crippen LogP contribution < -0.4 is 11.1 Å². The van der Waals surface area contributed by atoms with E-state index < -0.39 is 0 Å².